The fourth-order valence-electron chi connectivity index (χ4n) is 2.98. The minimum absolute atomic E-state index is 0.179. The van der Waals surface area contributed by atoms with E-state index < -0.39 is 0 Å². The first-order valence-electron chi connectivity index (χ1n) is 8.61. The minimum atomic E-state index is 0.179. The van der Waals surface area contributed by atoms with Gasteiger partial charge in [-0.05, 0) is 29.3 Å². The van der Waals surface area contributed by atoms with Crippen LogP contribution in [0.2, 0.25) is 5.02 Å². The second kappa shape index (κ2) is 9.02. The zero-order valence-electron chi connectivity index (χ0n) is 14.2. The van der Waals surface area contributed by atoms with Crippen molar-refractivity contribution < 1.29 is 5.11 Å². The standard InChI is InChI=1S/C20H24ClN3O/c21-18-7-5-16(6-8-18)14-24-15-17(13-23-10-9-22-11-12-25)19-3-1-2-4-20(19)24/h1-8,15,22-23,25H,9-14H2. The lowest BCUT2D eigenvalue weighted by Gasteiger charge is -2.06. The molecule has 0 saturated carbocycles. The number of hydrogen-bond donors (Lipinski definition) is 3. The Morgan fingerprint density at radius 2 is 1.68 bits per heavy atom. The molecule has 5 heteroatoms. The van der Waals surface area contributed by atoms with Crippen LogP contribution in [0.4, 0.5) is 0 Å². The first-order chi connectivity index (χ1) is 12.3. The van der Waals surface area contributed by atoms with Gasteiger partial charge in [-0.3, -0.25) is 0 Å². The Kier molecular flexibility index (Phi) is 6.48. The molecule has 3 N–H and O–H groups in total. The summed E-state index contributed by atoms with van der Waals surface area (Å²) in [7, 11) is 0. The molecule has 2 aromatic carbocycles. The van der Waals surface area contributed by atoms with Gasteiger partial charge >= 0.3 is 0 Å². The van der Waals surface area contributed by atoms with Crippen molar-refractivity contribution in [3.05, 3.63) is 70.9 Å². The van der Waals surface area contributed by atoms with Crippen molar-refractivity contribution in [1.82, 2.24) is 15.2 Å². The van der Waals surface area contributed by atoms with Crippen LogP contribution < -0.4 is 10.6 Å². The highest BCUT2D eigenvalue weighted by Crippen LogP contribution is 2.22. The molecule has 3 rings (SSSR count). The maximum Gasteiger partial charge on any atom is 0.0555 e. The van der Waals surface area contributed by atoms with Crippen LogP contribution in [-0.4, -0.2) is 35.9 Å². The molecule has 1 heterocycles. The molecular formula is C20H24ClN3O. The quantitative estimate of drug-likeness (QED) is 0.516. The number of aliphatic hydroxyl groups is 1. The zero-order chi connectivity index (χ0) is 17.5. The van der Waals surface area contributed by atoms with Crippen LogP contribution >= 0.6 is 11.6 Å². The van der Waals surface area contributed by atoms with E-state index in [2.05, 4.69) is 57.8 Å². The van der Waals surface area contributed by atoms with Gasteiger partial charge in [0.2, 0.25) is 0 Å². The van der Waals surface area contributed by atoms with Crippen molar-refractivity contribution in [3.8, 4) is 0 Å². The second-order valence-corrected chi connectivity index (χ2v) is 6.51. The van der Waals surface area contributed by atoms with Crippen LogP contribution in [0.3, 0.4) is 0 Å². The summed E-state index contributed by atoms with van der Waals surface area (Å²) in [6.45, 7) is 4.20. The van der Waals surface area contributed by atoms with Crippen LogP contribution in [0.25, 0.3) is 10.9 Å². The Hall–Kier alpha value is -1.85. The average molecular weight is 358 g/mol. The predicted octanol–water partition coefficient (Wildman–Crippen LogP) is 3.01. The molecule has 132 valence electrons. The van der Waals surface area contributed by atoms with E-state index in [0.29, 0.717) is 6.54 Å². The van der Waals surface area contributed by atoms with Gasteiger partial charge in [0, 0.05) is 54.8 Å². The largest absolute Gasteiger partial charge is 0.395 e. The molecule has 0 unspecified atom stereocenters. The fourth-order valence-corrected chi connectivity index (χ4v) is 3.11. The van der Waals surface area contributed by atoms with Gasteiger partial charge in [0.05, 0.1) is 6.61 Å². The fraction of sp³-hybridized carbons (Fsp3) is 0.300. The molecule has 25 heavy (non-hydrogen) atoms. The van der Waals surface area contributed by atoms with E-state index in [1.807, 2.05) is 12.1 Å². The van der Waals surface area contributed by atoms with E-state index in [-0.39, 0.29) is 6.61 Å². The number of aromatic nitrogens is 1. The molecule has 0 amide bonds. The van der Waals surface area contributed by atoms with Gasteiger partial charge in [0.1, 0.15) is 0 Å². The van der Waals surface area contributed by atoms with Crippen molar-refractivity contribution in [1.29, 1.82) is 0 Å². The molecule has 4 nitrogen and oxygen atoms in total. The van der Waals surface area contributed by atoms with Crippen LogP contribution in [0.5, 0.6) is 0 Å². The number of nitrogens with one attached hydrogen (secondary N) is 2. The lowest BCUT2D eigenvalue weighted by atomic mass is 10.2. The molecule has 0 saturated heterocycles. The number of benzene rings is 2. The second-order valence-electron chi connectivity index (χ2n) is 6.08. The van der Waals surface area contributed by atoms with Gasteiger partial charge in [-0.1, -0.05) is 41.9 Å². The first kappa shape index (κ1) is 18.0. The van der Waals surface area contributed by atoms with Gasteiger partial charge < -0.3 is 20.3 Å². The van der Waals surface area contributed by atoms with Crippen molar-refractivity contribution in [2.24, 2.45) is 0 Å². The number of hydrogen-bond acceptors (Lipinski definition) is 3. The van der Waals surface area contributed by atoms with Crippen molar-refractivity contribution in [2.45, 2.75) is 13.1 Å². The summed E-state index contributed by atoms with van der Waals surface area (Å²) in [5.74, 6) is 0. The summed E-state index contributed by atoms with van der Waals surface area (Å²) in [5.41, 5.74) is 3.78. The molecule has 0 aliphatic rings. The average Bonchev–Trinajstić information content (AvgIpc) is 2.98. The smallest absolute Gasteiger partial charge is 0.0555 e. The lowest BCUT2D eigenvalue weighted by Crippen LogP contribution is -2.28. The third-order valence-electron chi connectivity index (χ3n) is 4.22. The summed E-state index contributed by atoms with van der Waals surface area (Å²) in [6.07, 6.45) is 2.23. The first-order valence-corrected chi connectivity index (χ1v) is 8.99. The highest BCUT2D eigenvalue weighted by Gasteiger charge is 2.08. The molecule has 0 spiro atoms. The van der Waals surface area contributed by atoms with Gasteiger partial charge in [0.15, 0.2) is 0 Å². The number of fused-ring (bicyclic) bond motifs is 1. The zero-order valence-corrected chi connectivity index (χ0v) is 15.0. The van der Waals surface area contributed by atoms with Gasteiger partial charge in [-0.2, -0.15) is 0 Å². The maximum absolute atomic E-state index is 8.77. The van der Waals surface area contributed by atoms with E-state index in [1.165, 1.54) is 22.0 Å². The Balaban J connectivity index is 1.70. The number of rotatable bonds is 9. The SMILES string of the molecule is OCCNCCNCc1cn(Cc2ccc(Cl)cc2)c2ccccc12. The predicted molar refractivity (Wildman–Crippen MR) is 104 cm³/mol. The number of para-hydroxylation sites is 1. The van der Waals surface area contributed by atoms with Crippen LogP contribution in [0, 0.1) is 0 Å². The van der Waals surface area contributed by atoms with Gasteiger partial charge in [0.25, 0.3) is 0 Å². The Labute approximate surface area is 153 Å². The van der Waals surface area contributed by atoms with E-state index in [9.17, 15) is 0 Å². The molecule has 0 fully saturated rings. The van der Waals surface area contributed by atoms with Crippen LogP contribution in [-0.2, 0) is 13.1 Å². The normalized spacial score (nSPS) is 11.3. The van der Waals surface area contributed by atoms with E-state index in [4.69, 9.17) is 16.7 Å². The van der Waals surface area contributed by atoms with Crippen molar-refractivity contribution in [3.63, 3.8) is 0 Å². The third-order valence-corrected chi connectivity index (χ3v) is 4.47. The molecule has 0 aliphatic heterocycles. The lowest BCUT2D eigenvalue weighted by molar-refractivity contribution is 0.292. The van der Waals surface area contributed by atoms with Crippen molar-refractivity contribution in [2.75, 3.05) is 26.2 Å². The van der Waals surface area contributed by atoms with E-state index in [1.54, 1.807) is 0 Å². The van der Waals surface area contributed by atoms with E-state index in [0.717, 1.165) is 31.2 Å². The van der Waals surface area contributed by atoms with E-state index >= 15 is 0 Å². The summed E-state index contributed by atoms with van der Waals surface area (Å²) < 4.78 is 2.29. The molecule has 0 aliphatic carbocycles. The van der Waals surface area contributed by atoms with Crippen molar-refractivity contribution >= 4 is 22.5 Å². The number of halogens is 1. The van der Waals surface area contributed by atoms with Gasteiger partial charge in [-0.15, -0.1) is 0 Å². The monoisotopic (exact) mass is 357 g/mol. The molecule has 3 aromatic rings. The maximum atomic E-state index is 8.77. The summed E-state index contributed by atoms with van der Waals surface area (Å²) in [4.78, 5) is 0. The Bertz CT molecular complexity index is 798. The third kappa shape index (κ3) is 4.83. The summed E-state index contributed by atoms with van der Waals surface area (Å²) >= 11 is 5.98. The molecular weight excluding hydrogens is 334 g/mol. The Morgan fingerprint density at radius 3 is 2.48 bits per heavy atom. The van der Waals surface area contributed by atoms with Gasteiger partial charge in [-0.25, -0.2) is 0 Å². The van der Waals surface area contributed by atoms with Crippen LogP contribution in [0.1, 0.15) is 11.1 Å². The Morgan fingerprint density at radius 1 is 0.920 bits per heavy atom. The highest BCUT2D eigenvalue weighted by atomic mass is 35.5. The number of aliphatic hydroxyl groups excluding tert-OH is 1. The number of nitrogens with zero attached hydrogens (tertiary/aromatic N) is 1. The highest BCUT2D eigenvalue weighted by molar-refractivity contribution is 6.30. The molecule has 0 atom stereocenters. The molecule has 0 radical (unpaired) electrons. The molecule has 0 bridgehead atoms. The minimum Gasteiger partial charge on any atom is -0.395 e. The summed E-state index contributed by atoms with van der Waals surface area (Å²) in [5, 5.41) is 17.4. The summed E-state index contributed by atoms with van der Waals surface area (Å²) in [6, 6.07) is 16.5. The topological polar surface area (TPSA) is 49.2 Å². The van der Waals surface area contributed by atoms with Crippen LogP contribution in [0.15, 0.2) is 54.7 Å². The molecule has 1 aromatic heterocycles.